The molecule has 0 spiro atoms. The highest BCUT2D eigenvalue weighted by Crippen LogP contribution is 2.25. The van der Waals surface area contributed by atoms with E-state index in [2.05, 4.69) is 15.0 Å². The molecule has 0 radical (unpaired) electrons. The Labute approximate surface area is 131 Å². The van der Waals surface area contributed by atoms with Crippen molar-refractivity contribution in [1.82, 2.24) is 10.3 Å². The molecular weight excluding hydrogens is 308 g/mol. The molecule has 1 aromatic heterocycles. The first-order valence-electron chi connectivity index (χ1n) is 6.31. The van der Waals surface area contributed by atoms with Crippen molar-refractivity contribution in [2.24, 2.45) is 0 Å². The van der Waals surface area contributed by atoms with Crippen molar-refractivity contribution in [2.45, 2.75) is 0 Å². The number of esters is 1. The first-order chi connectivity index (χ1) is 10.5. The Kier molecular flexibility index (Phi) is 4.95. The quantitative estimate of drug-likeness (QED) is 0.841. The lowest BCUT2D eigenvalue weighted by Crippen LogP contribution is -2.30. The van der Waals surface area contributed by atoms with Crippen molar-refractivity contribution in [3.8, 4) is 16.9 Å². The lowest BCUT2D eigenvalue weighted by Gasteiger charge is -2.07. The highest BCUT2D eigenvalue weighted by atomic mass is 35.5. The Hall–Kier alpha value is -2.60. The number of ether oxygens (including phenoxy) is 1. The van der Waals surface area contributed by atoms with E-state index in [1.807, 2.05) is 0 Å². The van der Waals surface area contributed by atoms with E-state index < -0.39 is 11.9 Å². The third-order valence-electron chi connectivity index (χ3n) is 2.88. The second kappa shape index (κ2) is 6.91. The van der Waals surface area contributed by atoms with E-state index in [9.17, 15) is 14.7 Å². The standard InChI is InChI=1S/C15H13ClN2O4/c1-22-13(20)8-18-15(21)14-12(19)6-10(7-17-14)9-2-4-11(16)5-3-9/h2-7,19H,8H2,1H3,(H,18,21). The molecule has 2 rings (SSSR count). The topological polar surface area (TPSA) is 88.5 Å². The molecule has 0 saturated heterocycles. The van der Waals surface area contributed by atoms with Gasteiger partial charge in [0.15, 0.2) is 5.69 Å². The number of halogens is 1. The summed E-state index contributed by atoms with van der Waals surface area (Å²) in [5.74, 6) is -1.54. The Morgan fingerprint density at radius 3 is 2.55 bits per heavy atom. The maximum atomic E-state index is 11.8. The van der Waals surface area contributed by atoms with Crippen LogP contribution >= 0.6 is 11.6 Å². The lowest BCUT2D eigenvalue weighted by molar-refractivity contribution is -0.139. The summed E-state index contributed by atoms with van der Waals surface area (Å²) in [6.07, 6.45) is 1.45. The van der Waals surface area contributed by atoms with Crippen LogP contribution in [-0.2, 0) is 9.53 Å². The van der Waals surface area contributed by atoms with Crippen LogP contribution in [0.5, 0.6) is 5.75 Å². The molecule has 0 fully saturated rings. The van der Waals surface area contributed by atoms with Gasteiger partial charge in [-0.3, -0.25) is 9.59 Å². The second-order valence-electron chi connectivity index (χ2n) is 4.36. The number of aromatic nitrogens is 1. The molecule has 1 aromatic carbocycles. The first kappa shape index (κ1) is 15.8. The maximum absolute atomic E-state index is 11.8. The summed E-state index contributed by atoms with van der Waals surface area (Å²) in [4.78, 5) is 26.7. The molecule has 1 amide bonds. The Morgan fingerprint density at radius 1 is 1.27 bits per heavy atom. The van der Waals surface area contributed by atoms with Crippen LogP contribution in [0.2, 0.25) is 5.02 Å². The molecule has 0 saturated carbocycles. The fourth-order valence-corrected chi connectivity index (χ4v) is 1.86. The van der Waals surface area contributed by atoms with Crippen LogP contribution in [0, 0.1) is 0 Å². The lowest BCUT2D eigenvalue weighted by atomic mass is 10.1. The SMILES string of the molecule is COC(=O)CNC(=O)c1ncc(-c2ccc(Cl)cc2)cc1O. The molecule has 1 heterocycles. The van der Waals surface area contributed by atoms with Crippen LogP contribution < -0.4 is 5.32 Å². The number of benzene rings is 1. The molecule has 0 aliphatic heterocycles. The van der Waals surface area contributed by atoms with E-state index in [1.165, 1.54) is 19.4 Å². The summed E-state index contributed by atoms with van der Waals surface area (Å²) >= 11 is 5.81. The average molecular weight is 321 g/mol. The van der Waals surface area contributed by atoms with Crippen molar-refractivity contribution >= 4 is 23.5 Å². The highest BCUT2D eigenvalue weighted by Gasteiger charge is 2.15. The number of pyridine rings is 1. The summed E-state index contributed by atoms with van der Waals surface area (Å²) in [5, 5.41) is 12.8. The van der Waals surface area contributed by atoms with Crippen LogP contribution in [0.25, 0.3) is 11.1 Å². The number of amides is 1. The van der Waals surface area contributed by atoms with Gasteiger partial charge in [-0.1, -0.05) is 23.7 Å². The zero-order chi connectivity index (χ0) is 16.1. The van der Waals surface area contributed by atoms with E-state index in [-0.39, 0.29) is 18.0 Å². The first-order valence-corrected chi connectivity index (χ1v) is 6.69. The summed E-state index contributed by atoms with van der Waals surface area (Å²) < 4.78 is 4.41. The van der Waals surface area contributed by atoms with E-state index in [0.29, 0.717) is 10.6 Å². The molecule has 0 unspecified atom stereocenters. The number of hydrogen-bond donors (Lipinski definition) is 2. The molecule has 0 atom stereocenters. The van der Waals surface area contributed by atoms with Gasteiger partial charge < -0.3 is 15.2 Å². The van der Waals surface area contributed by atoms with Gasteiger partial charge in [0.25, 0.3) is 5.91 Å². The maximum Gasteiger partial charge on any atom is 0.325 e. The molecule has 2 N–H and O–H groups in total. The molecule has 0 bridgehead atoms. The number of methoxy groups -OCH3 is 1. The summed E-state index contributed by atoms with van der Waals surface area (Å²) in [6.45, 7) is -0.296. The Balaban J connectivity index is 2.17. The van der Waals surface area contributed by atoms with Crippen molar-refractivity contribution in [1.29, 1.82) is 0 Å². The number of rotatable bonds is 4. The van der Waals surface area contributed by atoms with Crippen LogP contribution in [0.4, 0.5) is 0 Å². The van der Waals surface area contributed by atoms with Crippen LogP contribution in [0.1, 0.15) is 10.5 Å². The van der Waals surface area contributed by atoms with E-state index in [1.54, 1.807) is 24.3 Å². The van der Waals surface area contributed by atoms with Gasteiger partial charge in [0.05, 0.1) is 7.11 Å². The second-order valence-corrected chi connectivity index (χ2v) is 4.79. The number of nitrogens with one attached hydrogen (secondary N) is 1. The molecular formula is C15H13ClN2O4. The van der Waals surface area contributed by atoms with Gasteiger partial charge in [0.1, 0.15) is 12.3 Å². The largest absolute Gasteiger partial charge is 0.505 e. The van der Waals surface area contributed by atoms with Crippen LogP contribution in [-0.4, -0.2) is 35.6 Å². The number of aromatic hydroxyl groups is 1. The normalized spacial score (nSPS) is 10.1. The molecule has 0 aliphatic rings. The highest BCUT2D eigenvalue weighted by molar-refractivity contribution is 6.30. The van der Waals surface area contributed by atoms with Crippen molar-refractivity contribution in [2.75, 3.05) is 13.7 Å². The van der Waals surface area contributed by atoms with Gasteiger partial charge in [-0.2, -0.15) is 0 Å². The minimum absolute atomic E-state index is 0.165. The Bertz CT molecular complexity index is 701. The summed E-state index contributed by atoms with van der Waals surface area (Å²) in [5.41, 5.74) is 1.27. The molecule has 7 heteroatoms. The number of nitrogens with zero attached hydrogens (tertiary/aromatic N) is 1. The van der Waals surface area contributed by atoms with Gasteiger partial charge in [-0.05, 0) is 23.8 Å². The molecule has 6 nitrogen and oxygen atoms in total. The Morgan fingerprint density at radius 2 is 1.95 bits per heavy atom. The predicted octanol–water partition coefficient (Wildman–Crippen LogP) is 2.01. The zero-order valence-corrected chi connectivity index (χ0v) is 12.4. The van der Waals surface area contributed by atoms with E-state index in [4.69, 9.17) is 11.6 Å². The molecule has 0 aliphatic carbocycles. The average Bonchev–Trinajstić information content (AvgIpc) is 2.52. The van der Waals surface area contributed by atoms with Crippen molar-refractivity contribution in [3.05, 3.63) is 47.2 Å². The molecule has 2 aromatic rings. The van der Waals surface area contributed by atoms with Gasteiger partial charge >= 0.3 is 5.97 Å². The van der Waals surface area contributed by atoms with E-state index >= 15 is 0 Å². The fraction of sp³-hybridized carbons (Fsp3) is 0.133. The van der Waals surface area contributed by atoms with E-state index in [0.717, 1.165) is 5.56 Å². The van der Waals surface area contributed by atoms with Gasteiger partial charge in [0, 0.05) is 16.8 Å². The monoisotopic (exact) mass is 320 g/mol. The number of carbonyl (C=O) groups is 2. The number of carbonyl (C=O) groups excluding carboxylic acids is 2. The molecule has 114 valence electrons. The van der Waals surface area contributed by atoms with Crippen LogP contribution in [0.3, 0.4) is 0 Å². The van der Waals surface area contributed by atoms with Crippen molar-refractivity contribution in [3.63, 3.8) is 0 Å². The summed E-state index contributed by atoms with van der Waals surface area (Å²) in [7, 11) is 1.21. The van der Waals surface area contributed by atoms with Gasteiger partial charge in [-0.25, -0.2) is 4.98 Å². The number of hydrogen-bond acceptors (Lipinski definition) is 5. The zero-order valence-electron chi connectivity index (χ0n) is 11.7. The third kappa shape index (κ3) is 3.73. The van der Waals surface area contributed by atoms with Gasteiger partial charge in [-0.15, -0.1) is 0 Å². The van der Waals surface area contributed by atoms with Gasteiger partial charge in [0.2, 0.25) is 0 Å². The fourth-order valence-electron chi connectivity index (χ4n) is 1.74. The smallest absolute Gasteiger partial charge is 0.325 e. The van der Waals surface area contributed by atoms with Crippen LogP contribution in [0.15, 0.2) is 36.5 Å². The predicted molar refractivity (Wildman–Crippen MR) is 80.7 cm³/mol. The third-order valence-corrected chi connectivity index (χ3v) is 3.13. The van der Waals surface area contributed by atoms with Crippen molar-refractivity contribution < 1.29 is 19.4 Å². The molecule has 22 heavy (non-hydrogen) atoms. The minimum Gasteiger partial charge on any atom is -0.505 e. The summed E-state index contributed by atoms with van der Waals surface area (Å²) in [6, 6.07) is 8.39. The minimum atomic E-state index is -0.662.